The minimum absolute atomic E-state index is 0.103. The molecule has 0 atom stereocenters. The summed E-state index contributed by atoms with van der Waals surface area (Å²) in [4.78, 5) is 12.3. The van der Waals surface area contributed by atoms with Crippen LogP contribution in [0.15, 0.2) is 47.6 Å². The third-order valence-electron chi connectivity index (χ3n) is 4.48. The Morgan fingerprint density at radius 1 is 1.15 bits per heavy atom. The summed E-state index contributed by atoms with van der Waals surface area (Å²) in [7, 11) is 0. The van der Waals surface area contributed by atoms with Gasteiger partial charge in [0, 0.05) is 16.3 Å². The molecule has 0 unspecified atom stereocenters. The van der Waals surface area contributed by atoms with Crippen LogP contribution in [0.2, 0.25) is 5.02 Å². The average molecular weight is 400 g/mol. The van der Waals surface area contributed by atoms with Crippen molar-refractivity contribution in [3.63, 3.8) is 0 Å². The van der Waals surface area contributed by atoms with E-state index in [1.807, 2.05) is 18.2 Å². The van der Waals surface area contributed by atoms with Gasteiger partial charge in [-0.2, -0.15) is 0 Å². The number of amides is 1. The van der Waals surface area contributed by atoms with Crippen LogP contribution in [0.25, 0.3) is 11.4 Å². The lowest BCUT2D eigenvalue weighted by molar-refractivity contribution is -0.113. The molecule has 0 fully saturated rings. The van der Waals surface area contributed by atoms with Crippen LogP contribution in [-0.4, -0.2) is 26.5 Å². The predicted molar refractivity (Wildman–Crippen MR) is 108 cm³/mol. The van der Waals surface area contributed by atoms with Gasteiger partial charge in [0.1, 0.15) is 0 Å². The summed E-state index contributed by atoms with van der Waals surface area (Å²) in [5, 5.41) is 12.2. The molecule has 4 rings (SSSR count). The fraction of sp³-hybridized carbons (Fsp3) is 0.211. The van der Waals surface area contributed by atoms with Crippen LogP contribution in [0.4, 0.5) is 5.69 Å². The minimum atomic E-state index is -0.103. The van der Waals surface area contributed by atoms with E-state index in [0.29, 0.717) is 16.0 Å². The van der Waals surface area contributed by atoms with Crippen molar-refractivity contribution in [2.24, 2.45) is 0 Å². The van der Waals surface area contributed by atoms with Gasteiger partial charge in [-0.3, -0.25) is 4.79 Å². The SMILES string of the molecule is Nn1c(SCC(=O)Nc2ccc3c(c2)CCC3)nnc1-c1ccc(Cl)cc1. The van der Waals surface area contributed by atoms with Crippen LogP contribution in [0.3, 0.4) is 0 Å². The smallest absolute Gasteiger partial charge is 0.234 e. The number of halogens is 1. The first-order valence-corrected chi connectivity index (χ1v) is 9.97. The topological polar surface area (TPSA) is 85.8 Å². The highest BCUT2D eigenvalue weighted by Crippen LogP contribution is 2.26. The van der Waals surface area contributed by atoms with E-state index in [0.717, 1.165) is 24.1 Å². The minimum Gasteiger partial charge on any atom is -0.335 e. The second kappa shape index (κ2) is 7.62. The van der Waals surface area contributed by atoms with Gasteiger partial charge in [-0.25, -0.2) is 4.68 Å². The Morgan fingerprint density at radius 3 is 2.74 bits per heavy atom. The van der Waals surface area contributed by atoms with Crippen molar-refractivity contribution in [1.29, 1.82) is 0 Å². The number of carbonyl (C=O) groups is 1. The predicted octanol–water partition coefficient (Wildman–Crippen LogP) is 3.53. The van der Waals surface area contributed by atoms with Crippen LogP contribution < -0.4 is 11.2 Å². The number of aromatic nitrogens is 3. The second-order valence-electron chi connectivity index (χ2n) is 6.36. The van der Waals surface area contributed by atoms with E-state index >= 15 is 0 Å². The van der Waals surface area contributed by atoms with Gasteiger partial charge in [0.15, 0.2) is 5.82 Å². The number of nitrogens with two attached hydrogens (primary N) is 1. The quantitative estimate of drug-likeness (QED) is 0.506. The van der Waals surface area contributed by atoms with Gasteiger partial charge >= 0.3 is 0 Å². The number of rotatable bonds is 5. The zero-order valence-corrected chi connectivity index (χ0v) is 16.1. The molecule has 1 heterocycles. The maximum atomic E-state index is 12.3. The number of nitrogen functional groups attached to an aromatic ring is 1. The average Bonchev–Trinajstić information content (AvgIpc) is 3.27. The van der Waals surface area contributed by atoms with E-state index in [2.05, 4.69) is 27.6 Å². The van der Waals surface area contributed by atoms with Crippen molar-refractivity contribution in [3.8, 4) is 11.4 Å². The molecule has 3 aromatic rings. The third kappa shape index (κ3) is 3.94. The summed E-state index contributed by atoms with van der Waals surface area (Å²) in [5.41, 5.74) is 4.35. The molecule has 0 bridgehead atoms. The number of hydrogen-bond donors (Lipinski definition) is 2. The van der Waals surface area contributed by atoms with Crippen molar-refractivity contribution >= 4 is 35.0 Å². The highest BCUT2D eigenvalue weighted by atomic mass is 35.5. The Hall–Kier alpha value is -2.51. The van der Waals surface area contributed by atoms with Crippen molar-refractivity contribution < 1.29 is 4.79 Å². The molecular weight excluding hydrogens is 382 g/mol. The highest BCUT2D eigenvalue weighted by Gasteiger charge is 2.15. The van der Waals surface area contributed by atoms with Crippen molar-refractivity contribution in [2.45, 2.75) is 24.4 Å². The molecule has 0 aliphatic heterocycles. The van der Waals surface area contributed by atoms with Gasteiger partial charge in [0.2, 0.25) is 11.1 Å². The molecule has 3 N–H and O–H groups in total. The standard InChI is InChI=1S/C19H18ClN5OS/c20-15-7-4-13(5-8-15)18-23-24-19(25(18)21)27-11-17(26)22-16-9-6-12-2-1-3-14(12)10-16/h4-10H,1-3,11,21H2,(H,22,26). The fourth-order valence-electron chi connectivity index (χ4n) is 3.15. The number of fused-ring (bicyclic) bond motifs is 1. The molecule has 1 amide bonds. The van der Waals surface area contributed by atoms with Crippen LogP contribution in [0.1, 0.15) is 17.5 Å². The Bertz CT molecular complexity index is 986. The summed E-state index contributed by atoms with van der Waals surface area (Å²) in [6.45, 7) is 0. The number of nitrogens with one attached hydrogen (secondary N) is 1. The Kier molecular flexibility index (Phi) is 5.05. The van der Waals surface area contributed by atoms with Gasteiger partial charge < -0.3 is 11.2 Å². The van der Waals surface area contributed by atoms with Crippen molar-refractivity contribution in [3.05, 3.63) is 58.6 Å². The third-order valence-corrected chi connectivity index (χ3v) is 5.68. The lowest BCUT2D eigenvalue weighted by Gasteiger charge is -2.07. The molecule has 0 saturated carbocycles. The summed E-state index contributed by atoms with van der Waals surface area (Å²) in [6, 6.07) is 13.3. The summed E-state index contributed by atoms with van der Waals surface area (Å²) in [5.74, 6) is 6.70. The molecule has 1 aromatic heterocycles. The molecule has 0 saturated heterocycles. The van der Waals surface area contributed by atoms with E-state index in [4.69, 9.17) is 17.4 Å². The summed E-state index contributed by atoms with van der Waals surface area (Å²) < 4.78 is 1.39. The van der Waals surface area contributed by atoms with E-state index in [1.165, 1.54) is 34.0 Å². The molecule has 8 heteroatoms. The molecule has 0 radical (unpaired) electrons. The normalized spacial score (nSPS) is 12.8. The first-order chi connectivity index (χ1) is 13.1. The van der Waals surface area contributed by atoms with Gasteiger partial charge in [0.25, 0.3) is 0 Å². The van der Waals surface area contributed by atoms with Gasteiger partial charge in [0.05, 0.1) is 5.75 Å². The number of carbonyl (C=O) groups excluding carboxylic acids is 1. The van der Waals surface area contributed by atoms with Crippen LogP contribution in [0.5, 0.6) is 0 Å². The maximum Gasteiger partial charge on any atom is 0.234 e. The monoisotopic (exact) mass is 399 g/mol. The lowest BCUT2D eigenvalue weighted by atomic mass is 10.1. The van der Waals surface area contributed by atoms with Crippen molar-refractivity contribution in [1.82, 2.24) is 14.9 Å². The van der Waals surface area contributed by atoms with E-state index in [1.54, 1.807) is 12.1 Å². The first kappa shape index (κ1) is 17.9. The molecular formula is C19H18ClN5OS. The molecule has 6 nitrogen and oxygen atoms in total. The number of anilines is 1. The molecule has 138 valence electrons. The van der Waals surface area contributed by atoms with Crippen LogP contribution in [-0.2, 0) is 17.6 Å². The molecule has 27 heavy (non-hydrogen) atoms. The number of benzene rings is 2. The fourth-order valence-corrected chi connectivity index (χ4v) is 3.93. The highest BCUT2D eigenvalue weighted by molar-refractivity contribution is 7.99. The Morgan fingerprint density at radius 2 is 1.93 bits per heavy atom. The number of aryl methyl sites for hydroxylation is 2. The van der Waals surface area contributed by atoms with Crippen molar-refractivity contribution in [2.75, 3.05) is 16.9 Å². The molecule has 0 spiro atoms. The lowest BCUT2D eigenvalue weighted by Crippen LogP contribution is -2.16. The van der Waals surface area contributed by atoms with Gasteiger partial charge in [-0.15, -0.1) is 10.2 Å². The molecule has 1 aliphatic rings. The maximum absolute atomic E-state index is 12.3. The second-order valence-corrected chi connectivity index (χ2v) is 7.74. The zero-order chi connectivity index (χ0) is 18.8. The largest absolute Gasteiger partial charge is 0.335 e. The molecule has 1 aliphatic carbocycles. The van der Waals surface area contributed by atoms with Crippen LogP contribution in [0, 0.1) is 0 Å². The van der Waals surface area contributed by atoms with Crippen LogP contribution >= 0.6 is 23.4 Å². The van der Waals surface area contributed by atoms with E-state index in [-0.39, 0.29) is 11.7 Å². The summed E-state index contributed by atoms with van der Waals surface area (Å²) in [6.07, 6.45) is 3.39. The number of thioether (sulfide) groups is 1. The number of hydrogen-bond acceptors (Lipinski definition) is 5. The van der Waals surface area contributed by atoms with Gasteiger partial charge in [-0.1, -0.05) is 29.4 Å². The zero-order valence-electron chi connectivity index (χ0n) is 14.5. The Labute approximate surface area is 166 Å². The Balaban J connectivity index is 1.38. The first-order valence-electron chi connectivity index (χ1n) is 8.61. The number of nitrogens with zero attached hydrogens (tertiary/aromatic N) is 3. The van der Waals surface area contributed by atoms with Gasteiger partial charge in [-0.05, 0) is 66.8 Å². The molecule has 2 aromatic carbocycles. The van der Waals surface area contributed by atoms with E-state index in [9.17, 15) is 4.79 Å². The van der Waals surface area contributed by atoms with E-state index < -0.39 is 0 Å². The summed E-state index contributed by atoms with van der Waals surface area (Å²) >= 11 is 7.15.